The number of anilines is 1. The average molecular weight is 614 g/mol. The van der Waals surface area contributed by atoms with Gasteiger partial charge in [-0.15, -0.1) is 0 Å². The number of aliphatic carboxylic acids is 1. The summed E-state index contributed by atoms with van der Waals surface area (Å²) in [6.45, 7) is 3.92. The van der Waals surface area contributed by atoms with Gasteiger partial charge in [-0.2, -0.15) is 0 Å². The van der Waals surface area contributed by atoms with E-state index in [-0.39, 0.29) is 32.6 Å². The minimum atomic E-state index is -4.51. The number of carbonyl (C=O) groups excluding carboxylic acids is 1. The number of nitrogens with one attached hydrogen (secondary N) is 1. The van der Waals surface area contributed by atoms with Crippen LogP contribution in [0.15, 0.2) is 83.8 Å². The summed E-state index contributed by atoms with van der Waals surface area (Å²) in [5.41, 5.74) is 2.89. The maximum Gasteiger partial charge on any atom is 0.327 e. The normalized spacial score (nSPS) is 12.2. The molecular weight excluding hydrogens is 583 g/mol. The third-order valence-corrected chi connectivity index (χ3v) is 8.85. The molecule has 3 aromatic carbocycles. The summed E-state index contributed by atoms with van der Waals surface area (Å²) >= 11 is 12.2. The van der Waals surface area contributed by atoms with E-state index in [1.165, 1.54) is 35.4 Å². The molecule has 1 unspecified atom stereocenters. The van der Waals surface area contributed by atoms with Crippen molar-refractivity contribution in [1.29, 1.82) is 0 Å². The molecule has 0 fully saturated rings. The van der Waals surface area contributed by atoms with Gasteiger partial charge in [0.15, 0.2) is 0 Å². The number of benzene rings is 4. The molecule has 2 aliphatic rings. The van der Waals surface area contributed by atoms with Crippen LogP contribution in [0.1, 0.15) is 43.5 Å². The molecule has 0 bridgehead atoms. The Labute approximate surface area is 249 Å². The standard InChI is InChI=1S/C25H26Cl2N2O5S.C6H4/c1-3-5-10-22(25(31)32)29(35(33,34)19-14-17(26)13-18(27)15-19)21-12-11-16-8-6-7-9-20(16)23(21)24(30)28-4-2;1-2-5-4-6(5)3-1/h6-9,11-15,22H,3-5,10H2,1-2H3,(H,28,30)(H,31,32);1-4H. The minimum Gasteiger partial charge on any atom is -0.480 e. The van der Waals surface area contributed by atoms with Crippen LogP contribution in [0, 0.1) is 0 Å². The molecule has 0 aliphatic heterocycles. The zero-order valence-electron chi connectivity index (χ0n) is 22.6. The summed E-state index contributed by atoms with van der Waals surface area (Å²) in [6.07, 6.45) is 1.16. The third kappa shape index (κ3) is 6.84. The molecule has 0 saturated carbocycles. The quantitative estimate of drug-likeness (QED) is 0.171. The molecular formula is C31H30Cl2N2O5S. The molecule has 2 aliphatic carbocycles. The first-order valence-electron chi connectivity index (χ1n) is 13.2. The van der Waals surface area contributed by atoms with Crippen molar-refractivity contribution in [2.24, 2.45) is 0 Å². The van der Waals surface area contributed by atoms with Crippen molar-refractivity contribution in [1.82, 2.24) is 5.32 Å². The Morgan fingerprint density at radius 3 is 2.10 bits per heavy atom. The zero-order valence-corrected chi connectivity index (χ0v) is 24.9. The van der Waals surface area contributed by atoms with Crippen molar-refractivity contribution in [3.05, 3.63) is 94.5 Å². The number of hydrogen-bond donors (Lipinski definition) is 2. The molecule has 3 aromatic rings. The first-order chi connectivity index (χ1) is 19.6. The van der Waals surface area contributed by atoms with Crippen LogP contribution in [0.2, 0.25) is 10.0 Å². The predicted octanol–water partition coefficient (Wildman–Crippen LogP) is 7.40. The number of hydrogen-bond acceptors (Lipinski definition) is 4. The fraction of sp³-hybridized carbons (Fsp3) is 0.226. The summed E-state index contributed by atoms with van der Waals surface area (Å²) in [5, 5.41) is 14.2. The van der Waals surface area contributed by atoms with Crippen molar-refractivity contribution >= 4 is 61.6 Å². The van der Waals surface area contributed by atoms with Crippen molar-refractivity contribution in [3.8, 4) is 11.1 Å². The Kier molecular flexibility index (Phi) is 9.58. The monoisotopic (exact) mass is 612 g/mol. The molecule has 10 heteroatoms. The number of nitrogens with zero attached hydrogens (tertiary/aromatic N) is 1. The van der Waals surface area contributed by atoms with E-state index in [1.807, 2.05) is 6.92 Å². The van der Waals surface area contributed by atoms with E-state index >= 15 is 0 Å². The predicted molar refractivity (Wildman–Crippen MR) is 164 cm³/mol. The van der Waals surface area contributed by atoms with Gasteiger partial charge in [0.2, 0.25) is 0 Å². The minimum absolute atomic E-state index is 0.0331. The Morgan fingerprint density at radius 2 is 1.56 bits per heavy atom. The number of carboxylic acid groups (broad SMARTS) is 1. The first-order valence-corrected chi connectivity index (χ1v) is 15.4. The number of carboxylic acids is 1. The third-order valence-electron chi connectivity index (χ3n) is 6.61. The average Bonchev–Trinajstić information content (AvgIpc) is 3.53. The van der Waals surface area contributed by atoms with Crippen LogP contribution in [-0.2, 0) is 14.8 Å². The van der Waals surface area contributed by atoms with Crippen molar-refractivity contribution < 1.29 is 23.1 Å². The Bertz CT molecular complexity index is 1670. The van der Waals surface area contributed by atoms with Gasteiger partial charge in [0.25, 0.3) is 15.9 Å². The molecule has 0 saturated heterocycles. The molecule has 0 aromatic heterocycles. The molecule has 41 heavy (non-hydrogen) atoms. The fourth-order valence-corrected chi connectivity index (χ4v) is 6.98. The highest BCUT2D eigenvalue weighted by Gasteiger charge is 2.38. The summed E-state index contributed by atoms with van der Waals surface area (Å²) in [7, 11) is -4.51. The summed E-state index contributed by atoms with van der Waals surface area (Å²) in [5.74, 6) is -1.84. The van der Waals surface area contributed by atoms with Crippen LogP contribution < -0.4 is 9.62 Å². The molecule has 1 atom stereocenters. The molecule has 214 valence electrons. The van der Waals surface area contributed by atoms with Gasteiger partial charge in [-0.3, -0.25) is 9.10 Å². The smallest absolute Gasteiger partial charge is 0.327 e. The van der Waals surface area contributed by atoms with Gasteiger partial charge >= 0.3 is 5.97 Å². The molecule has 2 N–H and O–H groups in total. The van der Waals surface area contributed by atoms with E-state index in [4.69, 9.17) is 23.2 Å². The number of unbranched alkanes of at least 4 members (excludes halogenated alkanes) is 1. The second-order valence-corrected chi connectivity index (χ2v) is 12.2. The first kappa shape index (κ1) is 30.4. The summed E-state index contributed by atoms with van der Waals surface area (Å²) < 4.78 is 28.9. The lowest BCUT2D eigenvalue weighted by molar-refractivity contribution is -0.138. The Balaban J connectivity index is 0.000000560. The van der Waals surface area contributed by atoms with Crippen molar-refractivity contribution in [2.75, 3.05) is 10.8 Å². The van der Waals surface area contributed by atoms with Gasteiger partial charge in [-0.25, -0.2) is 13.2 Å². The maximum atomic E-state index is 14.0. The van der Waals surface area contributed by atoms with Gasteiger partial charge in [0, 0.05) is 16.6 Å². The summed E-state index contributed by atoms with van der Waals surface area (Å²) in [4.78, 5) is 25.4. The van der Waals surface area contributed by atoms with Crippen molar-refractivity contribution in [3.63, 3.8) is 0 Å². The molecule has 1 amide bonds. The lowest BCUT2D eigenvalue weighted by Crippen LogP contribution is -2.46. The number of fused-ring (bicyclic) bond motifs is 2. The van der Waals surface area contributed by atoms with Crippen LogP contribution in [0.4, 0.5) is 5.69 Å². The van der Waals surface area contributed by atoms with E-state index in [2.05, 4.69) is 29.6 Å². The van der Waals surface area contributed by atoms with Crippen LogP contribution >= 0.6 is 23.2 Å². The molecule has 7 nitrogen and oxygen atoms in total. The molecule has 0 radical (unpaired) electrons. The molecule has 0 heterocycles. The molecule has 0 spiro atoms. The van der Waals surface area contributed by atoms with Crippen molar-refractivity contribution in [2.45, 2.75) is 44.0 Å². The number of rotatable bonds is 10. The lowest BCUT2D eigenvalue weighted by Gasteiger charge is -2.32. The second kappa shape index (κ2) is 12.9. The van der Waals surface area contributed by atoms with E-state index in [0.717, 1.165) is 4.31 Å². The number of carbonyl (C=O) groups is 2. The highest BCUT2D eigenvalue weighted by Crippen LogP contribution is 2.37. The van der Waals surface area contributed by atoms with Gasteiger partial charge < -0.3 is 10.4 Å². The highest BCUT2D eigenvalue weighted by atomic mass is 35.5. The van der Waals surface area contributed by atoms with Crippen LogP contribution in [-0.4, -0.2) is 38.0 Å². The van der Waals surface area contributed by atoms with E-state index in [0.29, 0.717) is 30.2 Å². The topological polar surface area (TPSA) is 104 Å². The van der Waals surface area contributed by atoms with E-state index < -0.39 is 27.9 Å². The van der Waals surface area contributed by atoms with E-state index in [1.54, 1.807) is 37.3 Å². The highest BCUT2D eigenvalue weighted by molar-refractivity contribution is 7.93. The van der Waals surface area contributed by atoms with Gasteiger partial charge in [0.1, 0.15) is 6.04 Å². The summed E-state index contributed by atoms with van der Waals surface area (Å²) in [6, 6.07) is 21.0. The SMILES string of the molecule is CCCCC(C(=O)O)N(c1ccc2ccccc2c1C(=O)NCC)S(=O)(=O)c1cc(Cl)cc(Cl)c1.c1cc2cc-2c1. The maximum absolute atomic E-state index is 14.0. The Hall–Kier alpha value is -3.59. The largest absolute Gasteiger partial charge is 0.480 e. The van der Waals surface area contributed by atoms with Crippen LogP contribution in [0.5, 0.6) is 0 Å². The number of halogens is 2. The van der Waals surface area contributed by atoms with Gasteiger partial charge in [-0.1, -0.05) is 91.5 Å². The van der Waals surface area contributed by atoms with Gasteiger partial charge in [0.05, 0.1) is 16.1 Å². The van der Waals surface area contributed by atoms with Crippen LogP contribution in [0.3, 0.4) is 0 Å². The lowest BCUT2D eigenvalue weighted by atomic mass is 10.0. The Morgan fingerprint density at radius 1 is 0.902 bits per heavy atom. The van der Waals surface area contributed by atoms with Gasteiger partial charge in [-0.05, 0) is 65.6 Å². The van der Waals surface area contributed by atoms with E-state index in [9.17, 15) is 23.1 Å². The number of sulfonamides is 1. The van der Waals surface area contributed by atoms with Crippen LogP contribution in [0.25, 0.3) is 21.9 Å². The number of amides is 1. The second-order valence-electron chi connectivity index (χ2n) is 9.52. The molecule has 5 rings (SSSR count). The zero-order chi connectivity index (χ0) is 29.7. The fourth-order valence-electron chi connectivity index (χ4n) is 4.60.